The number of hydrogen-bond acceptors (Lipinski definition) is 3. The second kappa shape index (κ2) is 9.73. The first kappa shape index (κ1) is 19.7. The van der Waals surface area contributed by atoms with Crippen molar-refractivity contribution in [1.82, 2.24) is 10.6 Å². The topological polar surface area (TPSA) is 84.2 Å². The lowest BCUT2D eigenvalue weighted by Crippen LogP contribution is -2.35. The maximum absolute atomic E-state index is 12.4. The van der Waals surface area contributed by atoms with Gasteiger partial charge in [0.05, 0.1) is 5.92 Å². The summed E-state index contributed by atoms with van der Waals surface area (Å²) >= 11 is 0. The molecule has 0 aliphatic rings. The van der Waals surface area contributed by atoms with E-state index in [2.05, 4.69) is 10.6 Å². The quantitative estimate of drug-likeness (QED) is 0.682. The molecule has 0 bridgehead atoms. The fourth-order valence-corrected chi connectivity index (χ4v) is 2.64. The molecule has 5 heteroatoms. The number of benzene rings is 2. The predicted molar refractivity (Wildman–Crippen MR) is 103 cm³/mol. The Morgan fingerprint density at radius 3 is 2.46 bits per heavy atom. The van der Waals surface area contributed by atoms with Crippen molar-refractivity contribution >= 4 is 11.8 Å². The molecule has 2 rings (SSSR count). The summed E-state index contributed by atoms with van der Waals surface area (Å²) in [6, 6.07) is 16.5. The van der Waals surface area contributed by atoms with Crippen molar-refractivity contribution in [2.45, 2.75) is 32.9 Å². The van der Waals surface area contributed by atoms with Crippen molar-refractivity contribution in [3.63, 3.8) is 0 Å². The average molecular weight is 353 g/mol. The Hall–Kier alpha value is -2.66. The van der Waals surface area contributed by atoms with Crippen molar-refractivity contribution in [2.75, 3.05) is 6.54 Å². The van der Waals surface area contributed by atoms with E-state index in [1.54, 1.807) is 12.1 Å². The van der Waals surface area contributed by atoms with Crippen LogP contribution in [0.25, 0.3) is 0 Å². The lowest BCUT2D eigenvalue weighted by Gasteiger charge is -2.20. The molecule has 2 atom stereocenters. The van der Waals surface area contributed by atoms with Crippen LogP contribution in [0, 0.1) is 5.92 Å². The summed E-state index contributed by atoms with van der Waals surface area (Å²) < 4.78 is 0. The number of amides is 2. The molecular weight excluding hydrogens is 326 g/mol. The molecule has 0 aliphatic heterocycles. The van der Waals surface area contributed by atoms with E-state index in [0.29, 0.717) is 18.7 Å². The van der Waals surface area contributed by atoms with Crippen molar-refractivity contribution in [1.29, 1.82) is 0 Å². The molecule has 2 aromatic rings. The summed E-state index contributed by atoms with van der Waals surface area (Å²) in [4.78, 5) is 24.5. The molecule has 0 saturated carbocycles. The zero-order valence-corrected chi connectivity index (χ0v) is 15.4. The molecule has 5 nitrogen and oxygen atoms in total. The molecule has 4 N–H and O–H groups in total. The van der Waals surface area contributed by atoms with Crippen molar-refractivity contribution in [3.8, 4) is 0 Å². The van der Waals surface area contributed by atoms with Gasteiger partial charge < -0.3 is 16.4 Å². The highest BCUT2D eigenvalue weighted by atomic mass is 16.2. The van der Waals surface area contributed by atoms with Gasteiger partial charge in [-0.05, 0) is 29.7 Å². The maximum Gasteiger partial charge on any atom is 0.251 e. The smallest absolute Gasteiger partial charge is 0.251 e. The minimum atomic E-state index is -0.359. The molecule has 2 amide bonds. The van der Waals surface area contributed by atoms with Gasteiger partial charge in [-0.3, -0.25) is 9.59 Å². The van der Waals surface area contributed by atoms with Crippen LogP contribution in [0.2, 0.25) is 0 Å². The highest BCUT2D eigenvalue weighted by Gasteiger charge is 2.21. The zero-order valence-electron chi connectivity index (χ0n) is 15.4. The third-order valence-corrected chi connectivity index (χ3v) is 4.33. The number of nitrogens with one attached hydrogen (secondary N) is 2. The van der Waals surface area contributed by atoms with Crippen molar-refractivity contribution < 1.29 is 9.59 Å². The molecule has 2 unspecified atom stereocenters. The third-order valence-electron chi connectivity index (χ3n) is 4.33. The lowest BCUT2D eigenvalue weighted by atomic mass is 9.94. The summed E-state index contributed by atoms with van der Waals surface area (Å²) in [6.07, 6.45) is 0.890. The monoisotopic (exact) mass is 353 g/mol. The van der Waals surface area contributed by atoms with Gasteiger partial charge in [-0.1, -0.05) is 56.3 Å². The number of hydrogen-bond donors (Lipinski definition) is 3. The molecule has 26 heavy (non-hydrogen) atoms. The molecule has 0 fully saturated rings. The third kappa shape index (κ3) is 5.43. The molecule has 138 valence electrons. The van der Waals surface area contributed by atoms with Gasteiger partial charge in [0.25, 0.3) is 5.91 Å². The van der Waals surface area contributed by atoms with Crippen LogP contribution < -0.4 is 16.4 Å². The largest absolute Gasteiger partial charge is 0.352 e. The van der Waals surface area contributed by atoms with Crippen LogP contribution in [-0.2, 0) is 11.3 Å². The zero-order chi connectivity index (χ0) is 18.9. The molecule has 0 spiro atoms. The highest BCUT2D eigenvalue weighted by Crippen LogP contribution is 2.19. The minimum Gasteiger partial charge on any atom is -0.352 e. The Labute approximate surface area is 155 Å². The van der Waals surface area contributed by atoms with E-state index in [1.165, 1.54) is 0 Å². The first-order valence-corrected chi connectivity index (χ1v) is 8.98. The van der Waals surface area contributed by atoms with Crippen LogP contribution in [0.4, 0.5) is 0 Å². The number of carbonyl (C=O) groups excluding carboxylic acids is 2. The normalized spacial score (nSPS) is 12.9. The Morgan fingerprint density at radius 2 is 1.77 bits per heavy atom. The fourth-order valence-electron chi connectivity index (χ4n) is 2.64. The van der Waals surface area contributed by atoms with Crippen LogP contribution in [0.1, 0.15) is 47.8 Å². The SMILES string of the molecule is CCCNC(=O)c1cccc(CNC(=O)C(C)C(N)c2ccccc2)c1. The average Bonchev–Trinajstić information content (AvgIpc) is 2.69. The number of nitrogens with two attached hydrogens (primary N) is 1. The van der Waals surface area contributed by atoms with Gasteiger partial charge in [0.2, 0.25) is 5.91 Å². The summed E-state index contributed by atoms with van der Waals surface area (Å²) in [6.45, 7) is 4.84. The Morgan fingerprint density at radius 1 is 1.04 bits per heavy atom. The Balaban J connectivity index is 1.93. The van der Waals surface area contributed by atoms with E-state index in [0.717, 1.165) is 17.5 Å². The van der Waals surface area contributed by atoms with Gasteiger partial charge in [0.1, 0.15) is 0 Å². The molecule has 0 aromatic heterocycles. The summed E-state index contributed by atoms with van der Waals surface area (Å²) in [7, 11) is 0. The van der Waals surface area contributed by atoms with Crippen LogP contribution in [0.15, 0.2) is 54.6 Å². The first-order valence-electron chi connectivity index (χ1n) is 8.98. The molecule has 0 radical (unpaired) electrons. The van der Waals surface area contributed by atoms with E-state index in [-0.39, 0.29) is 23.8 Å². The van der Waals surface area contributed by atoms with Gasteiger partial charge >= 0.3 is 0 Å². The maximum atomic E-state index is 12.4. The standard InChI is InChI=1S/C21H27N3O2/c1-3-12-23-21(26)18-11-7-8-16(13-18)14-24-20(25)15(2)19(22)17-9-5-4-6-10-17/h4-11,13,15,19H,3,12,14,22H2,1-2H3,(H,23,26)(H,24,25). The fraction of sp³-hybridized carbons (Fsp3) is 0.333. The highest BCUT2D eigenvalue weighted by molar-refractivity contribution is 5.94. The minimum absolute atomic E-state index is 0.0977. The molecule has 2 aromatic carbocycles. The predicted octanol–water partition coefficient (Wildman–Crippen LogP) is 2.78. The summed E-state index contributed by atoms with van der Waals surface area (Å²) in [5.41, 5.74) is 8.61. The molecule has 0 heterocycles. The van der Waals surface area contributed by atoms with E-state index in [9.17, 15) is 9.59 Å². The first-order chi connectivity index (χ1) is 12.5. The second-order valence-electron chi connectivity index (χ2n) is 6.40. The van der Waals surface area contributed by atoms with Crippen molar-refractivity contribution in [3.05, 3.63) is 71.3 Å². The van der Waals surface area contributed by atoms with Gasteiger partial charge in [-0.15, -0.1) is 0 Å². The van der Waals surface area contributed by atoms with Gasteiger partial charge in [-0.2, -0.15) is 0 Å². The van der Waals surface area contributed by atoms with Crippen LogP contribution in [-0.4, -0.2) is 18.4 Å². The lowest BCUT2D eigenvalue weighted by molar-refractivity contribution is -0.125. The number of rotatable bonds is 8. The van der Waals surface area contributed by atoms with Crippen LogP contribution in [0.3, 0.4) is 0 Å². The summed E-state index contributed by atoms with van der Waals surface area (Å²) in [5, 5.41) is 5.76. The van der Waals surface area contributed by atoms with E-state index < -0.39 is 0 Å². The van der Waals surface area contributed by atoms with Crippen molar-refractivity contribution in [2.24, 2.45) is 11.7 Å². The molecular formula is C21H27N3O2. The van der Waals surface area contributed by atoms with E-state index in [1.807, 2.05) is 56.3 Å². The summed E-state index contributed by atoms with van der Waals surface area (Å²) in [5.74, 6) is -0.560. The second-order valence-corrected chi connectivity index (χ2v) is 6.40. The molecule has 0 saturated heterocycles. The van der Waals surface area contributed by atoms with Gasteiger partial charge in [0, 0.05) is 24.7 Å². The molecule has 0 aliphatic carbocycles. The van der Waals surface area contributed by atoms with Crippen LogP contribution in [0.5, 0.6) is 0 Å². The van der Waals surface area contributed by atoms with E-state index >= 15 is 0 Å². The van der Waals surface area contributed by atoms with Gasteiger partial charge in [-0.25, -0.2) is 0 Å². The van der Waals surface area contributed by atoms with Gasteiger partial charge in [0.15, 0.2) is 0 Å². The van der Waals surface area contributed by atoms with E-state index in [4.69, 9.17) is 5.73 Å². The van der Waals surface area contributed by atoms with Crippen LogP contribution >= 0.6 is 0 Å². The number of carbonyl (C=O) groups is 2. The Kier molecular flexibility index (Phi) is 7.36. The Bertz CT molecular complexity index is 731.